The molecule has 0 fully saturated rings. The van der Waals surface area contributed by atoms with Crippen LogP contribution in [0.25, 0.3) is 0 Å². The summed E-state index contributed by atoms with van der Waals surface area (Å²) in [7, 11) is 0. The normalized spacial score (nSPS) is 13.9. The standard InChI is InChI=1S/C4H12N2O2/c5-4(3-7)1-2-8-6/h4,7H,1-3,5-6H2/t4-/m0/s1. The van der Waals surface area contributed by atoms with Gasteiger partial charge in [-0.25, -0.2) is 5.90 Å². The number of rotatable bonds is 4. The van der Waals surface area contributed by atoms with Gasteiger partial charge in [0.1, 0.15) is 0 Å². The Balaban J connectivity index is 2.86. The van der Waals surface area contributed by atoms with Crippen LogP contribution in [0.3, 0.4) is 0 Å². The molecule has 0 aromatic carbocycles. The number of nitrogens with two attached hydrogens (primary N) is 2. The topological polar surface area (TPSA) is 81.5 Å². The van der Waals surface area contributed by atoms with Crippen molar-refractivity contribution in [2.24, 2.45) is 11.6 Å². The second-order valence-corrected chi connectivity index (χ2v) is 1.60. The van der Waals surface area contributed by atoms with Gasteiger partial charge in [0.2, 0.25) is 0 Å². The van der Waals surface area contributed by atoms with Gasteiger partial charge >= 0.3 is 0 Å². The Labute approximate surface area is 48.4 Å². The van der Waals surface area contributed by atoms with Gasteiger partial charge in [-0.15, -0.1) is 0 Å². The zero-order chi connectivity index (χ0) is 6.41. The Morgan fingerprint density at radius 1 is 1.62 bits per heavy atom. The summed E-state index contributed by atoms with van der Waals surface area (Å²) in [4.78, 5) is 4.22. The summed E-state index contributed by atoms with van der Waals surface area (Å²) < 4.78 is 0. The van der Waals surface area contributed by atoms with Crippen molar-refractivity contribution in [1.29, 1.82) is 0 Å². The Morgan fingerprint density at radius 3 is 2.62 bits per heavy atom. The average Bonchev–Trinajstić information content (AvgIpc) is 1.83. The van der Waals surface area contributed by atoms with Crippen molar-refractivity contribution in [3.05, 3.63) is 0 Å². The minimum absolute atomic E-state index is 0.0106. The molecule has 0 aliphatic heterocycles. The van der Waals surface area contributed by atoms with E-state index in [4.69, 9.17) is 16.7 Å². The lowest BCUT2D eigenvalue weighted by molar-refractivity contribution is 0.122. The highest BCUT2D eigenvalue weighted by Crippen LogP contribution is 1.83. The van der Waals surface area contributed by atoms with Gasteiger partial charge < -0.3 is 15.7 Å². The molecule has 0 saturated carbocycles. The molecule has 0 saturated heterocycles. The van der Waals surface area contributed by atoms with Crippen LogP contribution < -0.4 is 11.6 Å². The van der Waals surface area contributed by atoms with E-state index >= 15 is 0 Å². The first-order chi connectivity index (χ1) is 3.81. The second kappa shape index (κ2) is 4.99. The van der Waals surface area contributed by atoms with Gasteiger partial charge in [-0.1, -0.05) is 0 Å². The maximum Gasteiger partial charge on any atom is 0.0694 e. The average molecular weight is 120 g/mol. The van der Waals surface area contributed by atoms with E-state index in [0.717, 1.165) is 0 Å². The van der Waals surface area contributed by atoms with Crippen LogP contribution in [0.2, 0.25) is 0 Å². The van der Waals surface area contributed by atoms with Crippen molar-refractivity contribution in [1.82, 2.24) is 0 Å². The van der Waals surface area contributed by atoms with E-state index in [2.05, 4.69) is 4.84 Å². The molecule has 50 valence electrons. The fourth-order valence-corrected chi connectivity index (χ4v) is 0.311. The van der Waals surface area contributed by atoms with E-state index in [0.29, 0.717) is 13.0 Å². The molecule has 0 aliphatic carbocycles. The summed E-state index contributed by atoms with van der Waals surface area (Å²) in [6.07, 6.45) is 0.604. The number of aliphatic hydroxyl groups is 1. The van der Waals surface area contributed by atoms with Crippen LogP contribution in [-0.2, 0) is 4.84 Å². The zero-order valence-corrected chi connectivity index (χ0v) is 4.71. The number of aliphatic hydroxyl groups excluding tert-OH is 1. The maximum absolute atomic E-state index is 8.34. The van der Waals surface area contributed by atoms with Crippen molar-refractivity contribution in [3.63, 3.8) is 0 Å². The molecule has 1 atom stereocenters. The second-order valence-electron chi connectivity index (χ2n) is 1.60. The fourth-order valence-electron chi connectivity index (χ4n) is 0.311. The van der Waals surface area contributed by atoms with E-state index in [1.54, 1.807) is 0 Å². The fraction of sp³-hybridized carbons (Fsp3) is 1.00. The van der Waals surface area contributed by atoms with Crippen LogP contribution >= 0.6 is 0 Å². The lowest BCUT2D eigenvalue weighted by Crippen LogP contribution is -2.26. The van der Waals surface area contributed by atoms with Crippen molar-refractivity contribution in [2.45, 2.75) is 12.5 Å². The highest BCUT2D eigenvalue weighted by molar-refractivity contribution is 4.55. The van der Waals surface area contributed by atoms with Gasteiger partial charge in [0.05, 0.1) is 13.2 Å². The Kier molecular flexibility index (Phi) is 4.89. The van der Waals surface area contributed by atoms with Crippen molar-refractivity contribution in [3.8, 4) is 0 Å². The third kappa shape index (κ3) is 4.01. The smallest absolute Gasteiger partial charge is 0.0694 e. The van der Waals surface area contributed by atoms with Gasteiger partial charge in [-0.3, -0.25) is 0 Å². The predicted octanol–water partition coefficient (Wildman–Crippen LogP) is -1.41. The number of hydrogen-bond acceptors (Lipinski definition) is 4. The van der Waals surface area contributed by atoms with Crippen LogP contribution in [0.4, 0.5) is 0 Å². The summed E-state index contributed by atoms with van der Waals surface area (Å²) in [6.45, 7) is 0.394. The van der Waals surface area contributed by atoms with Crippen LogP contribution in [0.1, 0.15) is 6.42 Å². The quantitative estimate of drug-likeness (QED) is 0.398. The summed E-state index contributed by atoms with van der Waals surface area (Å²) >= 11 is 0. The monoisotopic (exact) mass is 120 g/mol. The minimum atomic E-state index is -0.196. The Bertz CT molecular complexity index is 51.3. The minimum Gasteiger partial charge on any atom is -0.395 e. The lowest BCUT2D eigenvalue weighted by Gasteiger charge is -2.04. The molecule has 0 radical (unpaired) electrons. The summed E-state index contributed by atoms with van der Waals surface area (Å²) in [6, 6.07) is -0.196. The van der Waals surface area contributed by atoms with E-state index in [-0.39, 0.29) is 12.6 Å². The molecular formula is C4H12N2O2. The van der Waals surface area contributed by atoms with Crippen LogP contribution in [0.15, 0.2) is 0 Å². The first-order valence-corrected chi connectivity index (χ1v) is 2.49. The maximum atomic E-state index is 8.34. The highest BCUT2D eigenvalue weighted by atomic mass is 16.6. The van der Waals surface area contributed by atoms with Crippen LogP contribution in [0, 0.1) is 0 Å². The molecule has 0 aliphatic rings. The van der Waals surface area contributed by atoms with E-state index in [9.17, 15) is 0 Å². The highest BCUT2D eigenvalue weighted by Gasteiger charge is 1.96. The van der Waals surface area contributed by atoms with Gasteiger partial charge in [0.15, 0.2) is 0 Å². The zero-order valence-electron chi connectivity index (χ0n) is 4.71. The molecule has 0 spiro atoms. The largest absolute Gasteiger partial charge is 0.395 e. The summed E-state index contributed by atoms with van der Waals surface area (Å²) in [5.41, 5.74) is 5.27. The SMILES string of the molecule is NOCC[C@H](N)CO. The Morgan fingerprint density at radius 2 is 2.25 bits per heavy atom. The molecule has 4 heteroatoms. The molecule has 0 rings (SSSR count). The van der Waals surface area contributed by atoms with E-state index in [1.165, 1.54) is 0 Å². The van der Waals surface area contributed by atoms with Gasteiger partial charge in [-0.2, -0.15) is 0 Å². The molecular weight excluding hydrogens is 108 g/mol. The summed E-state index contributed by atoms with van der Waals surface area (Å²) in [5, 5.41) is 8.34. The van der Waals surface area contributed by atoms with E-state index in [1.807, 2.05) is 0 Å². The first kappa shape index (κ1) is 7.84. The predicted molar refractivity (Wildman–Crippen MR) is 29.8 cm³/mol. The van der Waals surface area contributed by atoms with E-state index < -0.39 is 0 Å². The molecule has 8 heavy (non-hydrogen) atoms. The first-order valence-electron chi connectivity index (χ1n) is 2.49. The molecule has 0 unspecified atom stereocenters. The lowest BCUT2D eigenvalue weighted by atomic mass is 10.2. The molecule has 4 nitrogen and oxygen atoms in total. The third-order valence-electron chi connectivity index (χ3n) is 0.841. The van der Waals surface area contributed by atoms with Crippen LogP contribution in [0.5, 0.6) is 0 Å². The summed E-state index contributed by atoms with van der Waals surface area (Å²) in [5.74, 6) is 4.69. The van der Waals surface area contributed by atoms with Crippen molar-refractivity contribution in [2.75, 3.05) is 13.2 Å². The van der Waals surface area contributed by atoms with Gasteiger partial charge in [0.25, 0.3) is 0 Å². The molecule has 0 bridgehead atoms. The van der Waals surface area contributed by atoms with Crippen LogP contribution in [-0.4, -0.2) is 24.4 Å². The number of hydrogen-bond donors (Lipinski definition) is 3. The molecule has 0 aromatic rings. The molecule has 5 N–H and O–H groups in total. The molecule has 0 amide bonds. The van der Waals surface area contributed by atoms with Gasteiger partial charge in [0, 0.05) is 6.04 Å². The van der Waals surface area contributed by atoms with Crippen molar-refractivity contribution < 1.29 is 9.94 Å². The third-order valence-corrected chi connectivity index (χ3v) is 0.841. The van der Waals surface area contributed by atoms with Crippen molar-refractivity contribution >= 4 is 0 Å². The van der Waals surface area contributed by atoms with Gasteiger partial charge in [-0.05, 0) is 6.42 Å². The molecule has 0 heterocycles. The Hall–Kier alpha value is -0.160. The molecule has 0 aromatic heterocycles.